The van der Waals surface area contributed by atoms with Crippen molar-refractivity contribution < 1.29 is 27.8 Å². The van der Waals surface area contributed by atoms with Gasteiger partial charge in [-0.1, -0.05) is 23.7 Å². The highest BCUT2D eigenvalue weighted by Crippen LogP contribution is 2.49. The van der Waals surface area contributed by atoms with E-state index in [4.69, 9.17) is 16.3 Å². The number of nitro benzene ring substituents is 2. The van der Waals surface area contributed by atoms with Crippen molar-refractivity contribution in [3.05, 3.63) is 66.7 Å². The Morgan fingerprint density at radius 1 is 1.12 bits per heavy atom. The summed E-state index contributed by atoms with van der Waals surface area (Å²) in [6.07, 6.45) is -5.12. The van der Waals surface area contributed by atoms with Crippen LogP contribution in [-0.4, -0.2) is 9.85 Å². The fraction of sp³-hybridized carbons (Fsp3) is 0.143. The van der Waals surface area contributed by atoms with Gasteiger partial charge in [-0.15, -0.1) is 0 Å². The average molecular weight is 377 g/mol. The summed E-state index contributed by atoms with van der Waals surface area (Å²) in [5, 5.41) is 21.1. The third kappa shape index (κ3) is 3.79. The molecule has 0 atom stereocenters. The van der Waals surface area contributed by atoms with Crippen molar-refractivity contribution in [1.29, 1.82) is 0 Å². The van der Waals surface area contributed by atoms with Crippen molar-refractivity contribution in [3.8, 4) is 11.5 Å². The number of alkyl halides is 3. The van der Waals surface area contributed by atoms with Crippen LogP contribution in [0.5, 0.6) is 11.5 Å². The van der Waals surface area contributed by atoms with Crippen LogP contribution < -0.4 is 4.74 Å². The summed E-state index contributed by atoms with van der Waals surface area (Å²) in [6, 6.07) is 6.02. The van der Waals surface area contributed by atoms with Gasteiger partial charge in [0.15, 0.2) is 0 Å². The Kier molecular flexibility index (Phi) is 4.84. The molecule has 0 saturated heterocycles. The van der Waals surface area contributed by atoms with Crippen molar-refractivity contribution in [3.63, 3.8) is 0 Å². The largest absolute Gasteiger partial charge is 0.444 e. The zero-order chi connectivity index (χ0) is 18.9. The number of nitrogens with zero attached hydrogens (tertiary/aromatic N) is 2. The number of rotatable bonds is 4. The lowest BCUT2D eigenvalue weighted by Crippen LogP contribution is -2.10. The second-order valence-corrected chi connectivity index (χ2v) is 5.24. The molecule has 7 nitrogen and oxygen atoms in total. The molecule has 132 valence electrons. The third-order valence-corrected chi connectivity index (χ3v) is 3.45. The average Bonchev–Trinajstić information content (AvgIpc) is 2.45. The van der Waals surface area contributed by atoms with Gasteiger partial charge in [-0.25, -0.2) is 0 Å². The molecule has 2 aromatic rings. The summed E-state index contributed by atoms with van der Waals surface area (Å²) in [6.45, 7) is 1.66. The third-order valence-electron chi connectivity index (χ3n) is 3.07. The van der Waals surface area contributed by atoms with Gasteiger partial charge in [-0.05, 0) is 24.6 Å². The van der Waals surface area contributed by atoms with Crippen LogP contribution in [-0.2, 0) is 6.18 Å². The number of hydrogen-bond acceptors (Lipinski definition) is 5. The number of nitro groups is 2. The van der Waals surface area contributed by atoms with Gasteiger partial charge >= 0.3 is 17.6 Å². The summed E-state index contributed by atoms with van der Waals surface area (Å²) >= 11 is 5.50. The van der Waals surface area contributed by atoms with Gasteiger partial charge in [0.2, 0.25) is 0 Å². The lowest BCUT2D eigenvalue weighted by molar-refractivity contribution is -0.395. The van der Waals surface area contributed by atoms with Gasteiger partial charge in [-0.2, -0.15) is 13.2 Å². The highest BCUT2D eigenvalue weighted by Gasteiger charge is 2.43. The van der Waals surface area contributed by atoms with E-state index < -0.39 is 43.7 Å². The molecule has 2 aromatic carbocycles. The highest BCUT2D eigenvalue weighted by atomic mass is 35.5. The van der Waals surface area contributed by atoms with Gasteiger partial charge in [0.25, 0.3) is 5.75 Å². The van der Waals surface area contributed by atoms with Crippen LogP contribution in [0.3, 0.4) is 0 Å². The minimum Gasteiger partial charge on any atom is -0.444 e. The zero-order valence-corrected chi connectivity index (χ0v) is 13.1. The smallest absolute Gasteiger partial charge is 0.418 e. The van der Waals surface area contributed by atoms with Crippen molar-refractivity contribution >= 4 is 23.0 Å². The molecule has 0 saturated carbocycles. The van der Waals surface area contributed by atoms with E-state index >= 15 is 0 Å². The standard InChI is InChI=1S/C14H8ClF3N2O5/c1-7-3-2-4-8(5-7)25-13-10(19(21)22)6-9(14(16,17)18)11(15)12(13)20(23)24/h2-6H,1H3. The normalized spacial score (nSPS) is 11.2. The van der Waals surface area contributed by atoms with Crippen LogP contribution in [0.4, 0.5) is 24.5 Å². The number of hydrogen-bond donors (Lipinski definition) is 0. The predicted molar refractivity (Wildman–Crippen MR) is 81.0 cm³/mol. The van der Waals surface area contributed by atoms with E-state index in [9.17, 15) is 33.4 Å². The first kappa shape index (κ1) is 18.5. The first-order chi connectivity index (χ1) is 11.5. The van der Waals surface area contributed by atoms with E-state index in [0.717, 1.165) is 0 Å². The quantitative estimate of drug-likeness (QED) is 0.534. The fourth-order valence-corrected chi connectivity index (χ4v) is 2.33. The fourth-order valence-electron chi connectivity index (χ4n) is 2.02. The summed E-state index contributed by atoms with van der Waals surface area (Å²) in [4.78, 5) is 19.9. The molecule has 0 spiro atoms. The first-order valence-electron chi connectivity index (χ1n) is 6.49. The first-order valence-corrected chi connectivity index (χ1v) is 6.87. The molecule has 0 aliphatic heterocycles. The molecule has 0 fully saturated rings. The van der Waals surface area contributed by atoms with E-state index in [-0.39, 0.29) is 11.8 Å². The Balaban J connectivity index is 2.78. The van der Waals surface area contributed by atoms with Crippen molar-refractivity contribution in [1.82, 2.24) is 0 Å². The molecular weight excluding hydrogens is 369 g/mol. The van der Waals surface area contributed by atoms with Crippen LogP contribution in [0.25, 0.3) is 0 Å². The SMILES string of the molecule is Cc1cccc(Oc2c([N+](=O)[O-])cc(C(F)(F)F)c(Cl)c2[N+](=O)[O-])c1. The Morgan fingerprint density at radius 3 is 2.24 bits per heavy atom. The van der Waals surface area contributed by atoms with Gasteiger partial charge in [0.05, 0.1) is 15.4 Å². The Hall–Kier alpha value is -2.88. The number of aryl methyl sites for hydroxylation is 1. The van der Waals surface area contributed by atoms with Crippen LogP contribution in [0.1, 0.15) is 11.1 Å². The lowest BCUT2D eigenvalue weighted by atomic mass is 10.1. The minimum atomic E-state index is -5.12. The molecule has 0 unspecified atom stereocenters. The van der Waals surface area contributed by atoms with Gasteiger partial charge in [0, 0.05) is 6.07 Å². The molecular formula is C14H8ClF3N2O5. The van der Waals surface area contributed by atoms with Crippen molar-refractivity contribution in [2.75, 3.05) is 0 Å². The van der Waals surface area contributed by atoms with Gasteiger partial charge in [0.1, 0.15) is 10.8 Å². The van der Waals surface area contributed by atoms with E-state index in [0.29, 0.717) is 5.56 Å². The number of halogens is 4. The van der Waals surface area contributed by atoms with E-state index in [1.165, 1.54) is 18.2 Å². The molecule has 0 heterocycles. The maximum absolute atomic E-state index is 13.0. The Bertz CT molecular complexity index is 870. The summed E-state index contributed by atoms with van der Waals surface area (Å²) in [7, 11) is 0. The summed E-state index contributed by atoms with van der Waals surface area (Å²) in [5.74, 6) is -0.999. The van der Waals surface area contributed by atoms with Crippen LogP contribution in [0.2, 0.25) is 5.02 Å². The highest BCUT2D eigenvalue weighted by molar-refractivity contribution is 6.34. The van der Waals surface area contributed by atoms with Gasteiger partial charge < -0.3 is 4.74 Å². The maximum Gasteiger partial charge on any atom is 0.418 e. The number of ether oxygens (including phenoxy) is 1. The predicted octanol–water partition coefficient (Wildman–Crippen LogP) is 5.28. The lowest BCUT2D eigenvalue weighted by Gasteiger charge is -2.13. The van der Waals surface area contributed by atoms with Crippen LogP contribution in [0.15, 0.2) is 30.3 Å². The van der Waals surface area contributed by atoms with E-state index in [1.54, 1.807) is 13.0 Å². The maximum atomic E-state index is 13.0. The monoisotopic (exact) mass is 376 g/mol. The Morgan fingerprint density at radius 2 is 1.76 bits per heavy atom. The molecule has 0 radical (unpaired) electrons. The molecule has 11 heteroatoms. The molecule has 0 aliphatic carbocycles. The summed E-state index contributed by atoms with van der Waals surface area (Å²) in [5.41, 5.74) is -3.57. The molecule has 25 heavy (non-hydrogen) atoms. The summed E-state index contributed by atoms with van der Waals surface area (Å²) < 4.78 is 44.1. The second-order valence-electron chi connectivity index (χ2n) is 4.87. The molecule has 0 bridgehead atoms. The number of benzene rings is 2. The van der Waals surface area contributed by atoms with Crippen molar-refractivity contribution in [2.45, 2.75) is 13.1 Å². The molecule has 0 N–H and O–H groups in total. The second kappa shape index (κ2) is 6.55. The topological polar surface area (TPSA) is 95.5 Å². The molecule has 0 aliphatic rings. The van der Waals surface area contributed by atoms with E-state index in [1.807, 2.05) is 0 Å². The Labute approximate surface area is 142 Å². The van der Waals surface area contributed by atoms with Gasteiger partial charge in [-0.3, -0.25) is 20.2 Å². The molecule has 0 aromatic heterocycles. The zero-order valence-electron chi connectivity index (χ0n) is 12.3. The minimum absolute atomic E-state index is 0.0259. The van der Waals surface area contributed by atoms with Crippen LogP contribution >= 0.6 is 11.6 Å². The molecule has 0 amide bonds. The van der Waals surface area contributed by atoms with Crippen molar-refractivity contribution in [2.24, 2.45) is 0 Å². The van der Waals surface area contributed by atoms with Crippen LogP contribution in [0, 0.1) is 27.2 Å². The van der Waals surface area contributed by atoms with E-state index in [2.05, 4.69) is 0 Å². The molecule has 2 rings (SSSR count).